The zero-order valence-electron chi connectivity index (χ0n) is 9.27. The van der Waals surface area contributed by atoms with Crippen LogP contribution in [0.3, 0.4) is 0 Å². The SMILES string of the molecule is CON(OC)C1CCCc2ccccc21. The summed E-state index contributed by atoms with van der Waals surface area (Å²) in [6.07, 6.45) is 3.43. The summed E-state index contributed by atoms with van der Waals surface area (Å²) in [4.78, 5) is 10.4. The summed E-state index contributed by atoms with van der Waals surface area (Å²) in [6, 6.07) is 8.73. The van der Waals surface area contributed by atoms with Crippen molar-refractivity contribution in [3.8, 4) is 0 Å². The molecular formula is C12H17NO2. The minimum absolute atomic E-state index is 0.227. The Hall–Kier alpha value is -0.900. The van der Waals surface area contributed by atoms with Crippen LogP contribution in [0.4, 0.5) is 0 Å². The van der Waals surface area contributed by atoms with E-state index in [1.54, 1.807) is 19.4 Å². The van der Waals surface area contributed by atoms with Crippen LogP contribution in [0.5, 0.6) is 0 Å². The maximum atomic E-state index is 5.21. The molecule has 0 aliphatic heterocycles. The molecule has 0 aromatic heterocycles. The fourth-order valence-corrected chi connectivity index (χ4v) is 2.28. The number of aryl methyl sites for hydroxylation is 1. The third-order valence-electron chi connectivity index (χ3n) is 2.95. The topological polar surface area (TPSA) is 21.7 Å². The van der Waals surface area contributed by atoms with E-state index in [-0.39, 0.29) is 6.04 Å². The van der Waals surface area contributed by atoms with Gasteiger partial charge < -0.3 is 0 Å². The van der Waals surface area contributed by atoms with Crippen molar-refractivity contribution in [2.45, 2.75) is 25.3 Å². The molecule has 0 spiro atoms. The minimum Gasteiger partial charge on any atom is -0.277 e. The standard InChI is InChI=1S/C12H17NO2/c1-14-13(15-2)12-9-5-7-10-6-3-4-8-11(10)12/h3-4,6,8,12H,5,7,9H2,1-2H3. The molecule has 0 fully saturated rings. The van der Waals surface area contributed by atoms with Crippen molar-refractivity contribution in [1.29, 1.82) is 0 Å². The van der Waals surface area contributed by atoms with Crippen LogP contribution in [-0.4, -0.2) is 19.4 Å². The van der Waals surface area contributed by atoms with E-state index in [9.17, 15) is 0 Å². The normalized spacial score (nSPS) is 20.3. The summed E-state index contributed by atoms with van der Waals surface area (Å²) in [5.74, 6) is 0. The number of nitrogens with zero attached hydrogens (tertiary/aromatic N) is 1. The quantitative estimate of drug-likeness (QED) is 0.711. The lowest BCUT2D eigenvalue weighted by molar-refractivity contribution is -0.368. The number of benzene rings is 1. The smallest absolute Gasteiger partial charge is 0.0879 e. The van der Waals surface area contributed by atoms with Crippen molar-refractivity contribution in [2.75, 3.05) is 14.2 Å². The fourth-order valence-electron chi connectivity index (χ4n) is 2.28. The van der Waals surface area contributed by atoms with Gasteiger partial charge in [-0.25, -0.2) is 0 Å². The number of rotatable bonds is 3. The van der Waals surface area contributed by atoms with Gasteiger partial charge in [0.05, 0.1) is 20.3 Å². The van der Waals surface area contributed by atoms with Crippen LogP contribution in [0.15, 0.2) is 24.3 Å². The van der Waals surface area contributed by atoms with Gasteiger partial charge in [-0.2, -0.15) is 0 Å². The van der Waals surface area contributed by atoms with Crippen LogP contribution in [0.25, 0.3) is 0 Å². The molecule has 0 bridgehead atoms. The van der Waals surface area contributed by atoms with Gasteiger partial charge in [0.25, 0.3) is 0 Å². The van der Waals surface area contributed by atoms with Crippen LogP contribution in [-0.2, 0) is 16.1 Å². The zero-order valence-corrected chi connectivity index (χ0v) is 9.27. The maximum absolute atomic E-state index is 5.21. The van der Waals surface area contributed by atoms with Gasteiger partial charge in [-0.3, -0.25) is 9.68 Å². The van der Waals surface area contributed by atoms with Crippen molar-refractivity contribution in [1.82, 2.24) is 5.23 Å². The van der Waals surface area contributed by atoms with Crippen molar-refractivity contribution in [3.63, 3.8) is 0 Å². The van der Waals surface area contributed by atoms with Gasteiger partial charge in [0.2, 0.25) is 0 Å². The first-order chi connectivity index (χ1) is 7.36. The van der Waals surface area contributed by atoms with E-state index in [1.807, 2.05) is 0 Å². The van der Waals surface area contributed by atoms with Crippen LogP contribution < -0.4 is 0 Å². The minimum atomic E-state index is 0.227. The van der Waals surface area contributed by atoms with Crippen molar-refractivity contribution in [2.24, 2.45) is 0 Å². The molecule has 2 rings (SSSR count). The highest BCUT2D eigenvalue weighted by Gasteiger charge is 2.26. The predicted octanol–water partition coefficient (Wildman–Crippen LogP) is 2.49. The molecule has 0 radical (unpaired) electrons. The molecule has 82 valence electrons. The molecule has 1 aliphatic carbocycles. The second kappa shape index (κ2) is 4.75. The molecule has 0 amide bonds. The first-order valence-electron chi connectivity index (χ1n) is 5.32. The Morgan fingerprint density at radius 3 is 2.67 bits per heavy atom. The lowest BCUT2D eigenvalue weighted by atomic mass is 9.88. The van der Waals surface area contributed by atoms with E-state index in [4.69, 9.17) is 9.68 Å². The average molecular weight is 207 g/mol. The number of hydroxylamine groups is 2. The van der Waals surface area contributed by atoms with Crippen LogP contribution in [0.2, 0.25) is 0 Å². The summed E-state index contributed by atoms with van der Waals surface area (Å²) in [6.45, 7) is 0. The van der Waals surface area contributed by atoms with Gasteiger partial charge >= 0.3 is 0 Å². The van der Waals surface area contributed by atoms with Crippen LogP contribution in [0, 0.1) is 0 Å². The lowest BCUT2D eigenvalue weighted by Gasteiger charge is -2.31. The molecule has 1 unspecified atom stereocenters. The average Bonchev–Trinajstić information content (AvgIpc) is 2.31. The van der Waals surface area contributed by atoms with Crippen LogP contribution in [0.1, 0.15) is 30.0 Å². The second-order valence-electron chi connectivity index (χ2n) is 3.76. The summed E-state index contributed by atoms with van der Waals surface area (Å²) >= 11 is 0. The fraction of sp³-hybridized carbons (Fsp3) is 0.500. The Bertz CT molecular complexity index is 323. The Kier molecular flexibility index (Phi) is 3.36. The number of fused-ring (bicyclic) bond motifs is 1. The van der Waals surface area contributed by atoms with E-state index in [2.05, 4.69) is 24.3 Å². The van der Waals surface area contributed by atoms with Gasteiger partial charge in [-0.05, 0) is 30.4 Å². The molecule has 0 saturated carbocycles. The van der Waals surface area contributed by atoms with Crippen molar-refractivity contribution < 1.29 is 9.68 Å². The molecule has 1 atom stereocenters. The molecular weight excluding hydrogens is 190 g/mol. The number of hydrogen-bond acceptors (Lipinski definition) is 3. The van der Waals surface area contributed by atoms with Gasteiger partial charge in [0.15, 0.2) is 0 Å². The Balaban J connectivity index is 2.28. The molecule has 0 N–H and O–H groups in total. The molecule has 3 nitrogen and oxygen atoms in total. The molecule has 0 saturated heterocycles. The van der Waals surface area contributed by atoms with Gasteiger partial charge in [0.1, 0.15) is 0 Å². The van der Waals surface area contributed by atoms with E-state index in [1.165, 1.54) is 17.5 Å². The monoisotopic (exact) mass is 207 g/mol. The summed E-state index contributed by atoms with van der Waals surface area (Å²) in [5.41, 5.74) is 2.74. The Labute approximate surface area is 90.5 Å². The second-order valence-corrected chi connectivity index (χ2v) is 3.76. The highest BCUT2D eigenvalue weighted by Crippen LogP contribution is 2.33. The first kappa shape index (κ1) is 10.6. The Morgan fingerprint density at radius 2 is 1.93 bits per heavy atom. The summed E-state index contributed by atoms with van der Waals surface area (Å²) < 4.78 is 0. The van der Waals surface area contributed by atoms with Gasteiger partial charge in [-0.15, -0.1) is 0 Å². The third kappa shape index (κ3) is 2.04. The van der Waals surface area contributed by atoms with Gasteiger partial charge in [0, 0.05) is 0 Å². The molecule has 15 heavy (non-hydrogen) atoms. The van der Waals surface area contributed by atoms with Crippen LogP contribution >= 0.6 is 0 Å². The largest absolute Gasteiger partial charge is 0.277 e. The van der Waals surface area contributed by atoms with E-state index < -0.39 is 0 Å². The molecule has 0 heterocycles. The van der Waals surface area contributed by atoms with E-state index >= 15 is 0 Å². The maximum Gasteiger partial charge on any atom is 0.0879 e. The summed E-state index contributed by atoms with van der Waals surface area (Å²) in [5, 5.41) is 1.58. The highest BCUT2D eigenvalue weighted by atomic mass is 16.9. The summed E-state index contributed by atoms with van der Waals surface area (Å²) in [7, 11) is 3.28. The van der Waals surface area contributed by atoms with E-state index in [0.717, 1.165) is 12.8 Å². The highest BCUT2D eigenvalue weighted by molar-refractivity contribution is 5.31. The van der Waals surface area contributed by atoms with Crippen molar-refractivity contribution >= 4 is 0 Å². The third-order valence-corrected chi connectivity index (χ3v) is 2.95. The van der Waals surface area contributed by atoms with E-state index in [0.29, 0.717) is 0 Å². The molecule has 1 aromatic carbocycles. The number of hydrogen-bond donors (Lipinski definition) is 0. The Morgan fingerprint density at radius 1 is 1.20 bits per heavy atom. The predicted molar refractivity (Wildman–Crippen MR) is 58.0 cm³/mol. The molecule has 3 heteroatoms. The molecule has 1 aromatic rings. The zero-order chi connectivity index (χ0) is 10.7. The van der Waals surface area contributed by atoms with Crippen molar-refractivity contribution in [3.05, 3.63) is 35.4 Å². The lowest BCUT2D eigenvalue weighted by Crippen LogP contribution is -2.29. The van der Waals surface area contributed by atoms with Gasteiger partial charge in [-0.1, -0.05) is 29.5 Å². The molecule has 1 aliphatic rings. The first-order valence-corrected chi connectivity index (χ1v) is 5.32.